The molecule has 0 spiro atoms. The highest BCUT2D eigenvalue weighted by Crippen LogP contribution is 2.17. The van der Waals surface area contributed by atoms with Gasteiger partial charge in [0.2, 0.25) is 5.91 Å². The van der Waals surface area contributed by atoms with Crippen LogP contribution in [0.3, 0.4) is 0 Å². The normalized spacial score (nSPS) is 14.0. The Bertz CT molecular complexity index is 924. The number of aliphatic hydroxyl groups is 4. The molecule has 4 unspecified atom stereocenters. The summed E-state index contributed by atoms with van der Waals surface area (Å²) in [6, 6.07) is -1.00. The van der Waals surface area contributed by atoms with Crippen LogP contribution in [0, 0.1) is 0 Å². The number of rotatable bonds is 50. The minimum Gasteiger partial charge on any atom is -0.394 e. The first-order valence-electron chi connectivity index (χ1n) is 27.2. The third-order valence-corrected chi connectivity index (χ3v) is 12.9. The fourth-order valence-corrected chi connectivity index (χ4v) is 8.58. The van der Waals surface area contributed by atoms with Crippen molar-refractivity contribution in [2.75, 3.05) is 6.61 Å². The molecule has 6 nitrogen and oxygen atoms in total. The fraction of sp³-hybridized carbons (Fsp3) is 0.909. The molecular formula is C55H107NO5. The molecule has 0 radical (unpaired) electrons. The molecule has 4 atom stereocenters. The van der Waals surface area contributed by atoms with Gasteiger partial charge in [0.05, 0.1) is 18.8 Å². The highest BCUT2D eigenvalue weighted by atomic mass is 16.3. The molecule has 0 aromatic heterocycles. The van der Waals surface area contributed by atoms with Crippen LogP contribution in [0.2, 0.25) is 0 Å². The van der Waals surface area contributed by atoms with Crippen molar-refractivity contribution in [1.29, 1.82) is 0 Å². The summed E-state index contributed by atoms with van der Waals surface area (Å²) in [5.74, 6) is -0.595. The van der Waals surface area contributed by atoms with Crippen LogP contribution < -0.4 is 5.32 Å². The Hall–Kier alpha value is -1.21. The van der Waals surface area contributed by atoms with E-state index in [1.165, 1.54) is 218 Å². The number of hydrogen-bond donors (Lipinski definition) is 5. The average molecular weight is 862 g/mol. The second kappa shape index (κ2) is 49.8. The summed E-state index contributed by atoms with van der Waals surface area (Å²) in [4.78, 5) is 12.6. The van der Waals surface area contributed by atoms with Gasteiger partial charge >= 0.3 is 0 Å². The molecule has 0 fully saturated rings. The lowest BCUT2D eigenvalue weighted by atomic mass is 10.00. The molecule has 362 valence electrons. The molecule has 0 rings (SSSR count). The van der Waals surface area contributed by atoms with Crippen molar-refractivity contribution in [2.45, 2.75) is 314 Å². The Morgan fingerprint density at radius 1 is 0.393 bits per heavy atom. The Balaban J connectivity index is 3.67. The second-order valence-electron chi connectivity index (χ2n) is 18.9. The summed E-state index contributed by atoms with van der Waals surface area (Å²) in [5.41, 5.74) is 0. The largest absolute Gasteiger partial charge is 0.394 e. The monoisotopic (exact) mass is 862 g/mol. The van der Waals surface area contributed by atoms with E-state index in [1.54, 1.807) is 0 Å². The fourth-order valence-electron chi connectivity index (χ4n) is 8.58. The number of aliphatic hydroxyl groups excluding tert-OH is 4. The molecule has 0 aliphatic carbocycles. The number of amides is 1. The van der Waals surface area contributed by atoms with Crippen molar-refractivity contribution >= 4 is 5.91 Å². The Kier molecular flexibility index (Phi) is 48.8. The van der Waals surface area contributed by atoms with Crippen LogP contribution in [0.1, 0.15) is 290 Å². The summed E-state index contributed by atoms with van der Waals surface area (Å²) in [6.45, 7) is 4.07. The van der Waals surface area contributed by atoms with Gasteiger partial charge in [0.25, 0.3) is 0 Å². The smallest absolute Gasteiger partial charge is 0.249 e. The molecule has 1 amide bonds. The van der Waals surface area contributed by atoms with Gasteiger partial charge in [-0.1, -0.05) is 250 Å². The van der Waals surface area contributed by atoms with Gasteiger partial charge < -0.3 is 25.7 Å². The maximum absolute atomic E-state index is 12.6. The first kappa shape index (κ1) is 59.8. The standard InChI is InChI=1S/C55H107NO5/c1-3-5-7-9-11-13-15-17-19-21-23-24-25-26-27-28-29-31-32-34-36-38-40-42-44-46-48-52(58)54(60)51(50-57)56-55(61)53(59)49-47-45-43-41-39-37-35-33-30-22-20-18-16-14-12-10-8-6-4-2/h30,33,40,42,51-54,57-60H,3-29,31-32,34-39,41,43-50H2,1-2H3,(H,56,61)/b33-30-,42-40+. The molecular weight excluding hydrogens is 755 g/mol. The topological polar surface area (TPSA) is 110 Å². The zero-order chi connectivity index (χ0) is 44.5. The van der Waals surface area contributed by atoms with Gasteiger partial charge in [-0.25, -0.2) is 0 Å². The van der Waals surface area contributed by atoms with E-state index in [1.807, 2.05) is 0 Å². The molecule has 0 aliphatic rings. The van der Waals surface area contributed by atoms with Gasteiger partial charge in [-0.15, -0.1) is 0 Å². The van der Waals surface area contributed by atoms with Crippen LogP contribution in [0.4, 0.5) is 0 Å². The molecule has 6 heteroatoms. The van der Waals surface area contributed by atoms with Crippen LogP contribution in [0.25, 0.3) is 0 Å². The highest BCUT2D eigenvalue weighted by Gasteiger charge is 2.28. The minimum atomic E-state index is -1.28. The first-order valence-corrected chi connectivity index (χ1v) is 27.2. The Morgan fingerprint density at radius 2 is 0.672 bits per heavy atom. The zero-order valence-corrected chi connectivity index (χ0v) is 40.9. The number of nitrogens with one attached hydrogen (secondary N) is 1. The molecule has 0 aromatic carbocycles. The molecule has 0 saturated heterocycles. The van der Waals surface area contributed by atoms with Gasteiger partial charge in [-0.05, 0) is 64.2 Å². The van der Waals surface area contributed by atoms with Crippen LogP contribution in [-0.2, 0) is 4.79 Å². The molecule has 5 N–H and O–H groups in total. The summed E-state index contributed by atoms with van der Waals surface area (Å²) >= 11 is 0. The van der Waals surface area contributed by atoms with E-state index in [-0.39, 0.29) is 0 Å². The Labute approximate surface area is 380 Å². The summed E-state index contributed by atoms with van der Waals surface area (Å²) in [6.07, 6.45) is 59.6. The summed E-state index contributed by atoms with van der Waals surface area (Å²) < 4.78 is 0. The lowest BCUT2D eigenvalue weighted by Gasteiger charge is -2.27. The van der Waals surface area contributed by atoms with Gasteiger partial charge in [0.15, 0.2) is 0 Å². The molecule has 0 saturated carbocycles. The number of carbonyl (C=O) groups excluding carboxylic acids is 1. The van der Waals surface area contributed by atoms with Gasteiger partial charge in [0.1, 0.15) is 12.2 Å². The van der Waals surface area contributed by atoms with Crippen LogP contribution >= 0.6 is 0 Å². The molecule has 0 heterocycles. The SMILES string of the molecule is CCCCCCCCCCC/C=C\CCCCCCCCC(O)C(=O)NC(CO)C(O)C(O)CCC/C=C/CCCCCCCCCCCCCCCCCCCCCCC. The van der Waals surface area contributed by atoms with Gasteiger partial charge in [0, 0.05) is 0 Å². The number of hydrogen-bond acceptors (Lipinski definition) is 5. The average Bonchev–Trinajstić information content (AvgIpc) is 3.26. The Morgan fingerprint density at radius 3 is 0.984 bits per heavy atom. The number of carbonyl (C=O) groups is 1. The second-order valence-corrected chi connectivity index (χ2v) is 18.9. The van der Waals surface area contributed by atoms with E-state index in [0.717, 1.165) is 44.9 Å². The van der Waals surface area contributed by atoms with Gasteiger partial charge in [-0.2, -0.15) is 0 Å². The van der Waals surface area contributed by atoms with Crippen molar-refractivity contribution in [3.8, 4) is 0 Å². The van der Waals surface area contributed by atoms with E-state index in [9.17, 15) is 25.2 Å². The van der Waals surface area contributed by atoms with Crippen molar-refractivity contribution in [1.82, 2.24) is 5.32 Å². The van der Waals surface area contributed by atoms with Gasteiger partial charge in [-0.3, -0.25) is 4.79 Å². The molecule has 61 heavy (non-hydrogen) atoms. The van der Waals surface area contributed by atoms with E-state index < -0.39 is 36.9 Å². The van der Waals surface area contributed by atoms with Crippen LogP contribution in [-0.4, -0.2) is 57.3 Å². The maximum atomic E-state index is 12.6. The first-order chi connectivity index (χ1) is 30.0. The predicted octanol–water partition coefficient (Wildman–Crippen LogP) is 15.5. The van der Waals surface area contributed by atoms with E-state index in [2.05, 4.69) is 43.5 Å². The lowest BCUT2D eigenvalue weighted by Crippen LogP contribution is -2.53. The van der Waals surface area contributed by atoms with Crippen LogP contribution in [0.5, 0.6) is 0 Å². The molecule has 0 bridgehead atoms. The van der Waals surface area contributed by atoms with E-state index >= 15 is 0 Å². The van der Waals surface area contributed by atoms with Crippen molar-refractivity contribution < 1.29 is 25.2 Å². The zero-order valence-electron chi connectivity index (χ0n) is 40.9. The molecule has 0 aromatic rings. The van der Waals surface area contributed by atoms with Crippen molar-refractivity contribution in [3.63, 3.8) is 0 Å². The van der Waals surface area contributed by atoms with E-state index in [4.69, 9.17) is 0 Å². The predicted molar refractivity (Wildman–Crippen MR) is 265 cm³/mol. The maximum Gasteiger partial charge on any atom is 0.249 e. The third-order valence-electron chi connectivity index (χ3n) is 12.9. The minimum absolute atomic E-state index is 0.357. The quantitative estimate of drug-likeness (QED) is 0.0309. The van der Waals surface area contributed by atoms with E-state index in [0.29, 0.717) is 12.8 Å². The van der Waals surface area contributed by atoms with Crippen molar-refractivity contribution in [3.05, 3.63) is 24.3 Å². The summed E-state index contributed by atoms with van der Waals surface area (Å²) in [5, 5.41) is 43.9. The molecule has 0 aliphatic heterocycles. The number of unbranched alkanes of at least 4 members (excludes halogenated alkanes) is 37. The van der Waals surface area contributed by atoms with Crippen LogP contribution in [0.15, 0.2) is 24.3 Å². The lowest BCUT2D eigenvalue weighted by molar-refractivity contribution is -0.132. The third kappa shape index (κ3) is 43.8. The van der Waals surface area contributed by atoms with Crippen molar-refractivity contribution in [2.24, 2.45) is 0 Å². The highest BCUT2D eigenvalue weighted by molar-refractivity contribution is 5.80. The summed E-state index contributed by atoms with van der Waals surface area (Å²) in [7, 11) is 0. The number of allylic oxidation sites excluding steroid dienone is 4.